The van der Waals surface area contributed by atoms with Gasteiger partial charge in [-0.25, -0.2) is 0 Å². The standard InChI is InChI=1S/C13H14N4O4/c1-9-6-14-16(7-9)8-13(18)15-10-3-11(17(19)20)5-12(4-10)21-2/h3-7H,8H2,1-2H3,(H,15,18). The first-order valence-electron chi connectivity index (χ1n) is 6.10. The maximum atomic E-state index is 11.9. The van der Waals surface area contributed by atoms with Gasteiger partial charge in [0.15, 0.2) is 0 Å². The Hall–Kier alpha value is -2.90. The third kappa shape index (κ3) is 3.78. The molecule has 2 rings (SSSR count). The number of amides is 1. The van der Waals surface area contributed by atoms with Crippen molar-refractivity contribution in [2.24, 2.45) is 0 Å². The van der Waals surface area contributed by atoms with Gasteiger partial charge in [-0.15, -0.1) is 0 Å². The molecule has 1 aromatic carbocycles. The van der Waals surface area contributed by atoms with Gasteiger partial charge in [-0.1, -0.05) is 0 Å². The number of nitro benzene ring substituents is 1. The van der Waals surface area contributed by atoms with Crippen LogP contribution in [0.4, 0.5) is 11.4 Å². The first kappa shape index (κ1) is 14.5. The van der Waals surface area contributed by atoms with Crippen LogP contribution < -0.4 is 10.1 Å². The minimum Gasteiger partial charge on any atom is -0.496 e. The molecule has 0 unspecified atom stereocenters. The number of nitrogens with zero attached hydrogens (tertiary/aromatic N) is 3. The predicted octanol–water partition coefficient (Wildman–Crippen LogP) is 1.75. The van der Waals surface area contributed by atoms with Gasteiger partial charge in [-0.2, -0.15) is 5.10 Å². The Morgan fingerprint density at radius 1 is 1.48 bits per heavy atom. The van der Waals surface area contributed by atoms with E-state index in [1.165, 1.54) is 30.0 Å². The molecule has 0 aliphatic carbocycles. The van der Waals surface area contributed by atoms with Gasteiger partial charge < -0.3 is 10.1 Å². The highest BCUT2D eigenvalue weighted by Gasteiger charge is 2.12. The van der Waals surface area contributed by atoms with Crippen molar-refractivity contribution in [3.63, 3.8) is 0 Å². The Labute approximate surface area is 120 Å². The number of non-ortho nitro benzene ring substituents is 1. The van der Waals surface area contributed by atoms with Crippen molar-refractivity contribution in [2.45, 2.75) is 13.5 Å². The number of anilines is 1. The normalized spacial score (nSPS) is 10.2. The van der Waals surface area contributed by atoms with Gasteiger partial charge in [0.1, 0.15) is 12.3 Å². The van der Waals surface area contributed by atoms with E-state index in [4.69, 9.17) is 4.74 Å². The van der Waals surface area contributed by atoms with Gasteiger partial charge in [0.25, 0.3) is 5.69 Å². The summed E-state index contributed by atoms with van der Waals surface area (Å²) < 4.78 is 6.46. The number of carbonyl (C=O) groups excluding carboxylic acids is 1. The summed E-state index contributed by atoms with van der Waals surface area (Å²) in [6.45, 7) is 1.89. The fourth-order valence-electron chi connectivity index (χ4n) is 1.78. The molecule has 0 fully saturated rings. The average molecular weight is 290 g/mol. The van der Waals surface area contributed by atoms with Gasteiger partial charge in [0, 0.05) is 18.3 Å². The first-order valence-corrected chi connectivity index (χ1v) is 6.10. The van der Waals surface area contributed by atoms with Crippen molar-refractivity contribution < 1.29 is 14.5 Å². The fourth-order valence-corrected chi connectivity index (χ4v) is 1.78. The predicted molar refractivity (Wildman–Crippen MR) is 75.2 cm³/mol. The molecule has 2 aromatic rings. The molecule has 0 radical (unpaired) electrons. The average Bonchev–Trinajstić information content (AvgIpc) is 2.83. The number of rotatable bonds is 5. The number of hydrogen-bond acceptors (Lipinski definition) is 5. The molecule has 1 N–H and O–H groups in total. The number of aromatic nitrogens is 2. The Balaban J connectivity index is 2.12. The molecule has 0 atom stereocenters. The van der Waals surface area contributed by atoms with Crippen LogP contribution in [0.1, 0.15) is 5.56 Å². The molecule has 1 aromatic heterocycles. The maximum absolute atomic E-state index is 11.9. The number of carbonyl (C=O) groups is 1. The smallest absolute Gasteiger partial charge is 0.275 e. The van der Waals surface area contributed by atoms with Crippen molar-refractivity contribution in [3.8, 4) is 5.75 Å². The van der Waals surface area contributed by atoms with E-state index in [2.05, 4.69) is 10.4 Å². The first-order chi connectivity index (χ1) is 9.97. The van der Waals surface area contributed by atoms with E-state index < -0.39 is 4.92 Å². The van der Waals surface area contributed by atoms with E-state index in [1.807, 2.05) is 6.92 Å². The van der Waals surface area contributed by atoms with Crippen LogP contribution in [-0.2, 0) is 11.3 Å². The molecule has 110 valence electrons. The molecule has 8 nitrogen and oxygen atoms in total. The fraction of sp³-hybridized carbons (Fsp3) is 0.231. The van der Waals surface area contributed by atoms with E-state index in [-0.39, 0.29) is 18.1 Å². The minimum absolute atomic E-state index is 0.0266. The highest BCUT2D eigenvalue weighted by molar-refractivity contribution is 5.91. The quantitative estimate of drug-likeness (QED) is 0.668. The molecule has 0 bridgehead atoms. The van der Waals surface area contributed by atoms with Crippen molar-refractivity contribution in [2.75, 3.05) is 12.4 Å². The number of benzene rings is 1. The topological polar surface area (TPSA) is 99.3 Å². The summed E-state index contributed by atoms with van der Waals surface area (Å²) in [5.74, 6) is -0.0323. The van der Waals surface area contributed by atoms with Gasteiger partial charge in [-0.3, -0.25) is 19.6 Å². The van der Waals surface area contributed by atoms with Gasteiger partial charge in [0.05, 0.1) is 30.0 Å². The Bertz CT molecular complexity index is 681. The monoisotopic (exact) mass is 290 g/mol. The van der Waals surface area contributed by atoms with Crippen molar-refractivity contribution >= 4 is 17.3 Å². The minimum atomic E-state index is -0.547. The molecule has 0 aliphatic heterocycles. The van der Waals surface area contributed by atoms with E-state index in [1.54, 1.807) is 12.4 Å². The number of aryl methyl sites for hydroxylation is 1. The van der Waals surface area contributed by atoms with Crippen LogP contribution in [0, 0.1) is 17.0 Å². The van der Waals surface area contributed by atoms with Gasteiger partial charge in [-0.05, 0) is 12.5 Å². The molecule has 0 aliphatic rings. The van der Waals surface area contributed by atoms with Crippen LogP contribution in [0.15, 0.2) is 30.6 Å². The summed E-state index contributed by atoms with van der Waals surface area (Å²) in [7, 11) is 1.40. The summed E-state index contributed by atoms with van der Waals surface area (Å²) in [6.07, 6.45) is 3.37. The Morgan fingerprint density at radius 2 is 2.24 bits per heavy atom. The van der Waals surface area contributed by atoms with E-state index in [0.717, 1.165) is 5.56 Å². The SMILES string of the molecule is COc1cc(NC(=O)Cn2cc(C)cn2)cc([N+](=O)[O-])c1. The van der Waals surface area contributed by atoms with E-state index in [0.29, 0.717) is 11.4 Å². The van der Waals surface area contributed by atoms with Crippen LogP contribution in [0.2, 0.25) is 0 Å². The molecule has 1 heterocycles. The van der Waals surface area contributed by atoms with Crippen molar-refractivity contribution in [3.05, 3.63) is 46.3 Å². The lowest BCUT2D eigenvalue weighted by molar-refractivity contribution is -0.384. The number of hydrogen-bond donors (Lipinski definition) is 1. The summed E-state index contributed by atoms with van der Waals surface area (Å²) in [5, 5.41) is 17.4. The van der Waals surface area contributed by atoms with Gasteiger partial charge in [0.2, 0.25) is 5.91 Å². The molecule has 0 saturated carbocycles. The van der Waals surface area contributed by atoms with Crippen LogP contribution in [-0.4, -0.2) is 27.7 Å². The number of nitro groups is 1. The molecule has 1 amide bonds. The zero-order valence-electron chi connectivity index (χ0n) is 11.6. The maximum Gasteiger partial charge on any atom is 0.275 e. The lowest BCUT2D eigenvalue weighted by atomic mass is 10.2. The zero-order chi connectivity index (χ0) is 15.4. The number of methoxy groups -OCH3 is 1. The lowest BCUT2D eigenvalue weighted by Crippen LogP contribution is -2.19. The summed E-state index contributed by atoms with van der Waals surface area (Å²) >= 11 is 0. The van der Waals surface area contributed by atoms with E-state index >= 15 is 0 Å². The molecule has 0 saturated heterocycles. The molecular formula is C13H14N4O4. The van der Waals surface area contributed by atoms with Crippen LogP contribution in [0.25, 0.3) is 0 Å². The van der Waals surface area contributed by atoms with E-state index in [9.17, 15) is 14.9 Å². The molecular weight excluding hydrogens is 276 g/mol. The summed E-state index contributed by atoms with van der Waals surface area (Å²) in [5.41, 5.74) is 1.09. The highest BCUT2D eigenvalue weighted by Crippen LogP contribution is 2.25. The third-order valence-corrected chi connectivity index (χ3v) is 2.69. The Kier molecular flexibility index (Phi) is 4.17. The van der Waals surface area contributed by atoms with Crippen LogP contribution >= 0.6 is 0 Å². The van der Waals surface area contributed by atoms with Crippen LogP contribution in [0.3, 0.4) is 0 Å². The van der Waals surface area contributed by atoms with Crippen molar-refractivity contribution in [1.29, 1.82) is 0 Å². The largest absolute Gasteiger partial charge is 0.496 e. The summed E-state index contributed by atoms with van der Waals surface area (Å²) in [4.78, 5) is 22.2. The lowest BCUT2D eigenvalue weighted by Gasteiger charge is -2.07. The highest BCUT2D eigenvalue weighted by atomic mass is 16.6. The third-order valence-electron chi connectivity index (χ3n) is 2.69. The second-order valence-corrected chi connectivity index (χ2v) is 4.44. The van der Waals surface area contributed by atoms with Crippen LogP contribution in [0.5, 0.6) is 5.75 Å². The zero-order valence-corrected chi connectivity index (χ0v) is 11.6. The Morgan fingerprint density at radius 3 is 2.81 bits per heavy atom. The molecule has 21 heavy (non-hydrogen) atoms. The number of nitrogens with one attached hydrogen (secondary N) is 1. The molecule has 0 spiro atoms. The van der Waals surface area contributed by atoms with Gasteiger partial charge >= 0.3 is 0 Å². The molecule has 8 heteroatoms. The number of ether oxygens (including phenoxy) is 1. The second-order valence-electron chi connectivity index (χ2n) is 4.44. The van der Waals surface area contributed by atoms with Crippen molar-refractivity contribution in [1.82, 2.24) is 9.78 Å². The summed E-state index contributed by atoms with van der Waals surface area (Å²) in [6, 6.07) is 4.07. The second kappa shape index (κ2) is 6.04.